The number of pyridine rings is 1. The summed E-state index contributed by atoms with van der Waals surface area (Å²) in [5.41, 5.74) is 0.469. The van der Waals surface area contributed by atoms with E-state index in [1.807, 2.05) is 38.3 Å². The minimum Gasteiger partial charge on any atom is -0.349 e. The number of nitrogens with zero attached hydrogens (tertiary/aromatic N) is 4. The minimum absolute atomic E-state index is 0.226. The Bertz CT molecular complexity index is 906. The highest BCUT2D eigenvalue weighted by molar-refractivity contribution is 7.09. The van der Waals surface area contributed by atoms with Crippen LogP contribution in [0.5, 0.6) is 0 Å². The lowest BCUT2D eigenvalue weighted by molar-refractivity contribution is -0.127. The van der Waals surface area contributed by atoms with Crippen LogP contribution in [-0.2, 0) is 11.3 Å². The Morgan fingerprint density at radius 3 is 2.54 bits per heavy atom. The van der Waals surface area contributed by atoms with Gasteiger partial charge in [-0.2, -0.15) is 0 Å². The number of aromatic nitrogens is 3. The number of hydrogen-bond donors (Lipinski definition) is 1. The highest BCUT2D eigenvalue weighted by Crippen LogP contribution is 2.27. The van der Waals surface area contributed by atoms with E-state index >= 15 is 0 Å². The summed E-state index contributed by atoms with van der Waals surface area (Å²) in [5.74, 6) is -0.597. The number of rotatable bonds is 6. The molecule has 0 spiro atoms. The van der Waals surface area contributed by atoms with Crippen molar-refractivity contribution in [3.05, 3.63) is 63.6 Å². The summed E-state index contributed by atoms with van der Waals surface area (Å²) in [6, 6.07) is 6.54. The van der Waals surface area contributed by atoms with Crippen LogP contribution in [0.2, 0.25) is 0 Å². The SMILES string of the molecule is CC(C)(C)NC(=O)[C@@H](c1ccncc1)N(Cc1cccs1)C(=O)c1csnn1. The van der Waals surface area contributed by atoms with Gasteiger partial charge in [0.25, 0.3) is 5.91 Å². The number of hydrogen-bond acceptors (Lipinski definition) is 7. The van der Waals surface area contributed by atoms with Gasteiger partial charge < -0.3 is 10.2 Å². The van der Waals surface area contributed by atoms with Crippen molar-refractivity contribution in [3.63, 3.8) is 0 Å². The largest absolute Gasteiger partial charge is 0.349 e. The van der Waals surface area contributed by atoms with Crippen LogP contribution < -0.4 is 5.32 Å². The summed E-state index contributed by atoms with van der Waals surface area (Å²) in [6.45, 7) is 6.01. The van der Waals surface area contributed by atoms with Gasteiger partial charge in [0.2, 0.25) is 5.91 Å². The Morgan fingerprint density at radius 1 is 1.21 bits per heavy atom. The average Bonchev–Trinajstić information content (AvgIpc) is 3.34. The van der Waals surface area contributed by atoms with Gasteiger partial charge in [-0.15, -0.1) is 16.4 Å². The molecule has 0 aromatic carbocycles. The Balaban J connectivity index is 2.04. The van der Waals surface area contributed by atoms with Crippen molar-refractivity contribution in [3.8, 4) is 0 Å². The summed E-state index contributed by atoms with van der Waals surface area (Å²) < 4.78 is 3.80. The topological polar surface area (TPSA) is 88.1 Å². The molecule has 2 amide bonds. The molecule has 3 rings (SSSR count). The summed E-state index contributed by atoms with van der Waals surface area (Å²) >= 11 is 2.63. The molecule has 3 aromatic heterocycles. The molecule has 9 heteroatoms. The van der Waals surface area contributed by atoms with Crippen molar-refractivity contribution in [1.82, 2.24) is 24.8 Å². The fourth-order valence-corrected chi connectivity index (χ4v) is 3.84. The third-order valence-corrected chi connectivity index (χ3v) is 5.19. The van der Waals surface area contributed by atoms with E-state index in [4.69, 9.17) is 0 Å². The lowest BCUT2D eigenvalue weighted by Gasteiger charge is -2.33. The zero-order valence-electron chi connectivity index (χ0n) is 15.8. The Labute approximate surface area is 171 Å². The van der Waals surface area contributed by atoms with Crippen LogP contribution in [0.15, 0.2) is 47.4 Å². The first-order valence-corrected chi connectivity index (χ1v) is 10.4. The van der Waals surface area contributed by atoms with Crippen molar-refractivity contribution in [2.45, 2.75) is 38.9 Å². The fraction of sp³-hybridized carbons (Fsp3) is 0.316. The Kier molecular flexibility index (Phi) is 6.15. The second kappa shape index (κ2) is 8.57. The molecule has 1 atom stereocenters. The van der Waals surface area contributed by atoms with Gasteiger partial charge >= 0.3 is 0 Å². The second-order valence-corrected chi connectivity index (χ2v) is 8.87. The molecule has 0 aliphatic rings. The van der Waals surface area contributed by atoms with Crippen molar-refractivity contribution in [2.24, 2.45) is 0 Å². The molecule has 0 aliphatic heterocycles. The standard InChI is InChI=1S/C19H21N5O2S2/c1-19(2,3)21-17(25)16(13-6-8-20-9-7-13)24(11-14-5-4-10-27-14)18(26)15-12-28-23-22-15/h4-10,12,16H,11H2,1-3H3,(H,21,25)/t16-/m1/s1. The van der Waals surface area contributed by atoms with E-state index in [1.165, 1.54) is 11.3 Å². The predicted octanol–water partition coefficient (Wildman–Crippen LogP) is 3.29. The van der Waals surface area contributed by atoms with Gasteiger partial charge in [-0.25, -0.2) is 0 Å². The molecule has 3 aromatic rings. The van der Waals surface area contributed by atoms with Crippen LogP contribution in [0.3, 0.4) is 0 Å². The van der Waals surface area contributed by atoms with Gasteiger partial charge in [-0.1, -0.05) is 10.6 Å². The van der Waals surface area contributed by atoms with Gasteiger partial charge in [-0.05, 0) is 61.4 Å². The fourth-order valence-electron chi connectivity index (χ4n) is 2.71. The van der Waals surface area contributed by atoms with Crippen molar-refractivity contribution < 1.29 is 9.59 Å². The van der Waals surface area contributed by atoms with E-state index in [9.17, 15) is 9.59 Å². The van der Waals surface area contributed by atoms with Crippen LogP contribution in [-0.4, -0.2) is 36.8 Å². The highest BCUT2D eigenvalue weighted by Gasteiger charge is 2.34. The highest BCUT2D eigenvalue weighted by atomic mass is 32.1. The maximum absolute atomic E-state index is 13.3. The lowest BCUT2D eigenvalue weighted by atomic mass is 10.0. The van der Waals surface area contributed by atoms with E-state index in [2.05, 4.69) is 19.9 Å². The molecule has 3 heterocycles. The average molecular weight is 416 g/mol. The minimum atomic E-state index is -0.821. The maximum atomic E-state index is 13.3. The maximum Gasteiger partial charge on any atom is 0.276 e. The van der Waals surface area contributed by atoms with Gasteiger partial charge in [0.1, 0.15) is 6.04 Å². The van der Waals surface area contributed by atoms with E-state index < -0.39 is 11.6 Å². The van der Waals surface area contributed by atoms with E-state index in [0.717, 1.165) is 16.4 Å². The molecule has 0 fully saturated rings. The number of carbonyl (C=O) groups is 2. The third-order valence-electron chi connectivity index (χ3n) is 3.83. The van der Waals surface area contributed by atoms with Gasteiger partial charge in [0, 0.05) is 28.2 Å². The molecule has 0 unspecified atom stereocenters. The third kappa shape index (κ3) is 4.99. The van der Waals surface area contributed by atoms with E-state index in [0.29, 0.717) is 12.1 Å². The van der Waals surface area contributed by atoms with Crippen LogP contribution in [0.4, 0.5) is 0 Å². The molecular weight excluding hydrogens is 394 g/mol. The van der Waals surface area contributed by atoms with Crippen LogP contribution in [0.1, 0.15) is 47.7 Å². The van der Waals surface area contributed by atoms with Gasteiger partial charge in [0.15, 0.2) is 5.69 Å². The molecule has 0 bridgehead atoms. The monoisotopic (exact) mass is 415 g/mol. The van der Waals surface area contributed by atoms with Crippen molar-refractivity contribution in [2.75, 3.05) is 0 Å². The Hall–Kier alpha value is -2.65. The van der Waals surface area contributed by atoms with Gasteiger partial charge in [-0.3, -0.25) is 14.6 Å². The summed E-state index contributed by atoms with van der Waals surface area (Å²) in [4.78, 5) is 33.1. The molecule has 28 heavy (non-hydrogen) atoms. The zero-order valence-corrected chi connectivity index (χ0v) is 17.5. The number of carbonyl (C=O) groups excluding carboxylic acids is 2. The first-order chi connectivity index (χ1) is 13.3. The summed E-state index contributed by atoms with van der Waals surface area (Å²) in [5, 5.41) is 10.4. The summed E-state index contributed by atoms with van der Waals surface area (Å²) in [7, 11) is 0. The van der Waals surface area contributed by atoms with Crippen molar-refractivity contribution >= 4 is 34.7 Å². The van der Waals surface area contributed by atoms with Crippen LogP contribution in [0, 0.1) is 0 Å². The van der Waals surface area contributed by atoms with Crippen molar-refractivity contribution in [1.29, 1.82) is 0 Å². The normalized spacial score (nSPS) is 12.4. The second-order valence-electron chi connectivity index (χ2n) is 7.22. The van der Waals surface area contributed by atoms with Crippen LogP contribution in [0.25, 0.3) is 0 Å². The number of thiophene rings is 1. The molecule has 7 nitrogen and oxygen atoms in total. The molecular formula is C19H21N5O2S2. The smallest absolute Gasteiger partial charge is 0.276 e. The van der Waals surface area contributed by atoms with E-state index in [-0.39, 0.29) is 17.5 Å². The van der Waals surface area contributed by atoms with Gasteiger partial charge in [0.05, 0.1) is 6.54 Å². The Morgan fingerprint density at radius 2 is 1.96 bits per heavy atom. The molecule has 0 radical (unpaired) electrons. The number of nitrogens with one attached hydrogen (secondary N) is 1. The predicted molar refractivity (Wildman–Crippen MR) is 109 cm³/mol. The van der Waals surface area contributed by atoms with E-state index in [1.54, 1.807) is 34.8 Å². The molecule has 1 N–H and O–H groups in total. The molecule has 0 aliphatic carbocycles. The quantitative estimate of drug-likeness (QED) is 0.667. The van der Waals surface area contributed by atoms with Crippen LogP contribution >= 0.6 is 22.9 Å². The lowest BCUT2D eigenvalue weighted by Crippen LogP contribution is -2.49. The summed E-state index contributed by atoms with van der Waals surface area (Å²) in [6.07, 6.45) is 3.23. The molecule has 146 valence electrons. The molecule has 0 saturated heterocycles. The number of amides is 2. The first kappa shape index (κ1) is 20.1. The zero-order chi connectivity index (χ0) is 20.1. The molecule has 0 saturated carbocycles. The first-order valence-electron chi connectivity index (χ1n) is 8.67.